The van der Waals surface area contributed by atoms with E-state index in [1.165, 1.54) is 70.6 Å². The lowest BCUT2D eigenvalue weighted by molar-refractivity contribution is -0.685. The standard InChI is InChI=1S/C32H12BF24.C28H41N2O2/c34-25(35,36)13-1-14(26(37,38)39)6-21(5-13)33(22-7-15(27(40,41)42)2-16(8-22)28(43,44)45,23-9-17(29(46,47)48)3-18(10-23)30(49,50)51)24-11-19(31(52,53)54)4-20(12-24)32(55,56)57;1-2-3-4-5-6-7-8-9-10-11-12-13-17-20-27(31)26-23-29-21-22-30(26)24-28(32)25-18-15-14-16-19-25/h1-12H;14-16,18-19,21-23H,2-13,17,20,24H2,1H3/q-1;+1. The van der Waals surface area contributed by atoms with Crippen molar-refractivity contribution < 1.29 is 120 Å². The van der Waals surface area contributed by atoms with Crippen molar-refractivity contribution in [2.45, 2.75) is 153 Å². The molecule has 89 heavy (non-hydrogen) atoms. The first kappa shape index (κ1) is 72.6. The third-order valence-corrected chi connectivity index (χ3v) is 14.5. The van der Waals surface area contributed by atoms with E-state index >= 15 is 0 Å². The summed E-state index contributed by atoms with van der Waals surface area (Å²) in [5.41, 5.74) is -29.0. The summed E-state index contributed by atoms with van der Waals surface area (Å²) in [6.45, 7) is 2.42. The zero-order chi connectivity index (χ0) is 66.8. The van der Waals surface area contributed by atoms with E-state index in [4.69, 9.17) is 0 Å². The average molecular weight is 1300 g/mol. The lowest BCUT2D eigenvalue weighted by Gasteiger charge is -2.46. The van der Waals surface area contributed by atoms with Crippen LogP contribution in [-0.4, -0.2) is 22.7 Å². The van der Waals surface area contributed by atoms with Crippen LogP contribution in [0.15, 0.2) is 122 Å². The van der Waals surface area contributed by atoms with Crippen molar-refractivity contribution in [3.8, 4) is 0 Å². The van der Waals surface area contributed by atoms with Crippen LogP contribution in [0, 0.1) is 0 Å². The molecule has 0 saturated heterocycles. The van der Waals surface area contributed by atoms with Gasteiger partial charge in [-0.3, -0.25) is 14.6 Å². The zero-order valence-corrected chi connectivity index (χ0v) is 46.5. The number of unbranched alkanes of at least 4 members (excludes halogenated alkanes) is 12. The van der Waals surface area contributed by atoms with E-state index in [0.717, 1.165) is 12.8 Å². The first-order chi connectivity index (χ1) is 41.0. The van der Waals surface area contributed by atoms with Gasteiger partial charge >= 0.3 is 49.4 Å². The molecule has 0 aliphatic heterocycles. The number of aromatic nitrogens is 2. The Hall–Kier alpha value is -7.10. The van der Waals surface area contributed by atoms with Gasteiger partial charge in [-0.05, 0) is 30.7 Å². The van der Waals surface area contributed by atoms with Crippen LogP contribution in [0.3, 0.4) is 0 Å². The summed E-state index contributed by atoms with van der Waals surface area (Å²) in [7, 11) is 0. The Morgan fingerprint density at radius 3 is 0.910 bits per heavy atom. The van der Waals surface area contributed by atoms with Gasteiger partial charge in [0.1, 0.15) is 12.3 Å². The zero-order valence-electron chi connectivity index (χ0n) is 46.5. The number of carbonyl (C=O) groups excluding carboxylic acids is 2. The minimum Gasteiger partial charge on any atom is -0.287 e. The molecule has 6 aromatic rings. The highest BCUT2D eigenvalue weighted by molar-refractivity contribution is 7.20. The average Bonchev–Trinajstić information content (AvgIpc) is 0.724. The third kappa shape index (κ3) is 19.9. The van der Waals surface area contributed by atoms with Crippen molar-refractivity contribution in [3.05, 3.63) is 177 Å². The summed E-state index contributed by atoms with van der Waals surface area (Å²) in [5, 5.41) is 0. The molecule has 0 fully saturated rings. The van der Waals surface area contributed by atoms with Crippen LogP contribution in [0.4, 0.5) is 105 Å². The van der Waals surface area contributed by atoms with Crippen LogP contribution in [0.2, 0.25) is 0 Å². The first-order valence-corrected chi connectivity index (χ1v) is 27.3. The predicted molar refractivity (Wildman–Crippen MR) is 280 cm³/mol. The van der Waals surface area contributed by atoms with E-state index in [1.807, 2.05) is 18.2 Å². The molecule has 0 aliphatic rings. The maximum Gasteiger partial charge on any atom is 0.416 e. The molecule has 1 heterocycles. The largest absolute Gasteiger partial charge is 0.416 e. The Morgan fingerprint density at radius 1 is 0.371 bits per heavy atom. The van der Waals surface area contributed by atoms with Crippen molar-refractivity contribution in [1.82, 2.24) is 4.98 Å². The molecule has 0 saturated carbocycles. The number of benzene rings is 5. The number of hydrogen-bond acceptors (Lipinski definition) is 3. The fraction of sp³-hybridized carbons (Fsp3) is 0.400. The van der Waals surface area contributed by atoms with E-state index in [2.05, 4.69) is 11.9 Å². The SMILES string of the molecule is CCCCCCCCCCCCCCCC(=O)c1cncc[n+]1CC(=O)c1ccccc1.FC(F)(F)c1cc([B-](c2cc(C(F)(F)F)cc(C(F)(F)F)c2)(c2cc(C(F)(F)F)cc(C(F)(F)F)c2)c2cc(C(F)(F)F)cc(C(F)(F)F)c2)cc(C(F)(F)F)c1. The number of Topliss-reactive ketones (excluding diaryl/α,β-unsaturated/α-hetero) is 2. The molecule has 0 amide bonds. The summed E-state index contributed by atoms with van der Waals surface area (Å²) >= 11 is 0. The minimum atomic E-state index is -6.13. The highest BCUT2D eigenvalue weighted by Gasteiger charge is 2.47. The second-order valence-corrected chi connectivity index (χ2v) is 21.0. The smallest absolute Gasteiger partial charge is 0.287 e. The van der Waals surface area contributed by atoms with Crippen molar-refractivity contribution in [2.75, 3.05) is 0 Å². The third-order valence-electron chi connectivity index (χ3n) is 14.5. The topological polar surface area (TPSA) is 50.9 Å². The van der Waals surface area contributed by atoms with Gasteiger partial charge in [-0.15, -0.1) is 0 Å². The summed E-state index contributed by atoms with van der Waals surface area (Å²) in [5.74, 6) is 0.0684. The monoisotopic (exact) mass is 1300 g/mol. The van der Waals surface area contributed by atoms with Gasteiger partial charge in [-0.2, -0.15) is 132 Å². The van der Waals surface area contributed by atoms with Gasteiger partial charge in [0.2, 0.25) is 18.1 Å². The fourth-order valence-corrected chi connectivity index (χ4v) is 10.1. The Balaban J connectivity index is 0.000000380. The molecule has 4 nitrogen and oxygen atoms in total. The summed E-state index contributed by atoms with van der Waals surface area (Å²) < 4.78 is 343. The molecule has 0 radical (unpaired) electrons. The molecular weight excluding hydrogens is 1250 g/mol. The van der Waals surface area contributed by atoms with Crippen LogP contribution in [0.5, 0.6) is 0 Å². The Kier molecular flexibility index (Phi) is 23.5. The summed E-state index contributed by atoms with van der Waals surface area (Å²) in [4.78, 5) is 29.3. The number of alkyl halides is 24. The predicted octanol–water partition coefficient (Wildman–Crippen LogP) is 18.1. The lowest BCUT2D eigenvalue weighted by Crippen LogP contribution is -2.75. The highest BCUT2D eigenvalue weighted by Crippen LogP contribution is 2.41. The molecule has 1 aromatic heterocycles. The number of rotatable bonds is 22. The number of ketones is 2. The van der Waals surface area contributed by atoms with E-state index < -0.39 is 195 Å². The fourth-order valence-electron chi connectivity index (χ4n) is 10.1. The molecule has 0 atom stereocenters. The van der Waals surface area contributed by atoms with Gasteiger partial charge in [0.25, 0.3) is 5.69 Å². The van der Waals surface area contributed by atoms with Crippen LogP contribution in [-0.2, 0) is 56.0 Å². The summed E-state index contributed by atoms with van der Waals surface area (Å²) in [6.07, 6.45) is -32.6. The van der Waals surface area contributed by atoms with E-state index in [-0.39, 0.29) is 18.1 Å². The first-order valence-electron chi connectivity index (χ1n) is 27.3. The van der Waals surface area contributed by atoms with E-state index in [0.29, 0.717) is 17.7 Å². The molecule has 0 N–H and O–H groups in total. The van der Waals surface area contributed by atoms with Gasteiger partial charge in [-0.25, -0.2) is 0 Å². The lowest BCUT2D eigenvalue weighted by atomic mass is 9.12. The maximum absolute atomic E-state index is 14.2. The van der Waals surface area contributed by atoms with Gasteiger partial charge in [0.15, 0.2) is 6.20 Å². The molecule has 0 aliphatic carbocycles. The van der Waals surface area contributed by atoms with Gasteiger partial charge in [-0.1, -0.05) is 163 Å². The molecule has 486 valence electrons. The van der Waals surface area contributed by atoms with Gasteiger partial charge in [0, 0.05) is 12.0 Å². The van der Waals surface area contributed by atoms with Crippen molar-refractivity contribution in [1.29, 1.82) is 0 Å². The molecule has 6 rings (SSSR count). The molecule has 0 unspecified atom stereocenters. The highest BCUT2D eigenvalue weighted by atomic mass is 19.4. The summed E-state index contributed by atoms with van der Waals surface area (Å²) in [6, 6.07) is 0.394. The molecular formula is C60H53BF24N2O2. The van der Waals surface area contributed by atoms with Crippen molar-refractivity contribution in [3.63, 3.8) is 0 Å². The number of carbonyl (C=O) groups is 2. The number of halogens is 24. The second-order valence-electron chi connectivity index (χ2n) is 21.0. The van der Waals surface area contributed by atoms with Crippen LogP contribution in [0.1, 0.15) is 162 Å². The van der Waals surface area contributed by atoms with E-state index in [1.54, 1.807) is 35.3 Å². The minimum absolute atomic E-state index is 0.00295. The van der Waals surface area contributed by atoms with Crippen molar-refractivity contribution >= 4 is 39.6 Å². The molecule has 5 aromatic carbocycles. The Labute approximate surface area is 493 Å². The normalized spacial score (nSPS) is 13.1. The number of nitrogens with zero attached hydrogens (tertiary/aromatic N) is 2. The Morgan fingerprint density at radius 2 is 0.640 bits per heavy atom. The Bertz CT molecular complexity index is 2900. The quantitative estimate of drug-likeness (QED) is 0.0224. The van der Waals surface area contributed by atoms with Crippen LogP contribution < -0.4 is 26.4 Å². The van der Waals surface area contributed by atoms with Crippen LogP contribution in [0.25, 0.3) is 0 Å². The number of hydrogen-bond donors (Lipinski definition) is 0. The maximum atomic E-state index is 14.2. The molecule has 29 heteroatoms. The van der Waals surface area contributed by atoms with Gasteiger partial charge in [0.05, 0.1) is 50.7 Å². The molecule has 0 spiro atoms. The van der Waals surface area contributed by atoms with Crippen LogP contribution >= 0.6 is 0 Å². The second kappa shape index (κ2) is 28.8. The van der Waals surface area contributed by atoms with Crippen molar-refractivity contribution in [2.24, 2.45) is 0 Å². The van der Waals surface area contributed by atoms with E-state index in [9.17, 15) is 115 Å². The molecule has 0 bridgehead atoms. The van der Waals surface area contributed by atoms with Gasteiger partial charge < -0.3 is 0 Å².